The molecule has 0 saturated carbocycles. The molecular weight excluding hydrogens is 400 g/mol. The van der Waals surface area contributed by atoms with Crippen molar-refractivity contribution in [3.05, 3.63) is 29.3 Å². The normalized spacial score (nSPS) is 11.1. The van der Waals surface area contributed by atoms with Crippen LogP contribution in [0.3, 0.4) is 0 Å². The van der Waals surface area contributed by atoms with Crippen LogP contribution in [0.5, 0.6) is 5.75 Å². The number of methoxy groups -OCH3 is 1. The lowest BCUT2D eigenvalue weighted by Gasteiger charge is -2.02. The van der Waals surface area contributed by atoms with Crippen molar-refractivity contribution in [2.24, 2.45) is 7.05 Å². The zero-order valence-corrected chi connectivity index (χ0v) is 16.9. The summed E-state index contributed by atoms with van der Waals surface area (Å²) in [6, 6.07) is 7.57. The van der Waals surface area contributed by atoms with Gasteiger partial charge in [0.1, 0.15) is 5.01 Å². The van der Waals surface area contributed by atoms with Crippen LogP contribution in [-0.4, -0.2) is 43.7 Å². The van der Waals surface area contributed by atoms with Crippen molar-refractivity contribution in [1.29, 1.82) is 0 Å². The molecule has 0 fully saturated rings. The van der Waals surface area contributed by atoms with E-state index in [4.69, 9.17) is 9.15 Å². The summed E-state index contributed by atoms with van der Waals surface area (Å²) in [7, 11) is 3.43. The molecule has 28 heavy (non-hydrogen) atoms. The zero-order valence-electron chi connectivity index (χ0n) is 15.3. The minimum absolute atomic E-state index is 0.179. The van der Waals surface area contributed by atoms with Crippen LogP contribution < -0.4 is 10.1 Å². The average Bonchev–Trinajstić information content (AvgIpc) is 3.38. The number of thioether (sulfide) groups is 1. The van der Waals surface area contributed by atoms with E-state index in [-0.39, 0.29) is 11.7 Å². The Morgan fingerprint density at radius 3 is 2.93 bits per heavy atom. The number of aryl methyl sites for hydroxylation is 1. The maximum atomic E-state index is 12.1. The predicted molar refractivity (Wildman–Crippen MR) is 107 cm³/mol. The lowest BCUT2D eigenvalue weighted by atomic mass is 10.2. The van der Waals surface area contributed by atoms with Crippen molar-refractivity contribution in [2.45, 2.75) is 12.1 Å². The predicted octanol–water partition coefficient (Wildman–Crippen LogP) is 3.13. The van der Waals surface area contributed by atoms with Gasteiger partial charge in [0.2, 0.25) is 11.0 Å². The molecule has 0 saturated heterocycles. The number of anilines is 1. The first-order valence-corrected chi connectivity index (χ1v) is 10.0. The quantitative estimate of drug-likeness (QED) is 0.478. The SMILES string of the molecule is COc1cccc2cc(-c3nnc(SCC(=O)Nc4nnc(C)s4)n3C)oc12. The maximum Gasteiger partial charge on any atom is 0.236 e. The van der Waals surface area contributed by atoms with Gasteiger partial charge in [-0.3, -0.25) is 10.1 Å². The molecule has 0 bridgehead atoms. The van der Waals surface area contributed by atoms with Gasteiger partial charge in [0.25, 0.3) is 0 Å². The minimum Gasteiger partial charge on any atom is -0.493 e. The molecule has 4 rings (SSSR count). The third-order valence-corrected chi connectivity index (χ3v) is 5.66. The fourth-order valence-corrected chi connectivity index (χ4v) is 3.91. The van der Waals surface area contributed by atoms with Crippen molar-refractivity contribution in [3.63, 3.8) is 0 Å². The molecule has 3 aromatic heterocycles. The number of carbonyl (C=O) groups excluding carboxylic acids is 1. The number of furan rings is 1. The van der Waals surface area contributed by atoms with Gasteiger partial charge in [0.15, 0.2) is 28.1 Å². The Labute approximate surface area is 168 Å². The number of ether oxygens (including phenoxy) is 1. The van der Waals surface area contributed by atoms with Gasteiger partial charge in [-0.05, 0) is 19.1 Å². The fourth-order valence-electron chi connectivity index (χ4n) is 2.59. The second-order valence-electron chi connectivity index (χ2n) is 5.82. The van der Waals surface area contributed by atoms with Crippen LogP contribution in [0.25, 0.3) is 22.6 Å². The smallest absolute Gasteiger partial charge is 0.236 e. The number of amides is 1. The van der Waals surface area contributed by atoms with Crippen LogP contribution in [0.4, 0.5) is 5.13 Å². The second-order valence-corrected chi connectivity index (χ2v) is 7.94. The molecule has 1 N–H and O–H groups in total. The Hall–Kier alpha value is -2.92. The first-order valence-electron chi connectivity index (χ1n) is 8.24. The van der Waals surface area contributed by atoms with Gasteiger partial charge in [-0.2, -0.15) is 0 Å². The standard InChI is InChI=1S/C17H16N6O3S2/c1-9-19-21-16(28-9)18-13(24)8-27-17-22-20-15(23(17)2)12-7-10-5-4-6-11(25-3)14(10)26-12/h4-7H,8H2,1-3H3,(H,18,21,24). The highest BCUT2D eigenvalue weighted by Crippen LogP contribution is 2.33. The topological polar surface area (TPSA) is 108 Å². The fraction of sp³-hybridized carbons (Fsp3) is 0.235. The Balaban J connectivity index is 1.49. The second kappa shape index (κ2) is 7.60. The van der Waals surface area contributed by atoms with Gasteiger partial charge in [-0.15, -0.1) is 20.4 Å². The highest BCUT2D eigenvalue weighted by molar-refractivity contribution is 7.99. The number of fused-ring (bicyclic) bond motifs is 1. The highest BCUT2D eigenvalue weighted by atomic mass is 32.2. The molecule has 9 nitrogen and oxygen atoms in total. The average molecular weight is 416 g/mol. The molecule has 0 unspecified atom stereocenters. The van der Waals surface area contributed by atoms with Gasteiger partial charge < -0.3 is 13.7 Å². The Morgan fingerprint density at radius 1 is 1.32 bits per heavy atom. The van der Waals surface area contributed by atoms with Crippen LogP contribution in [0.1, 0.15) is 5.01 Å². The van der Waals surface area contributed by atoms with E-state index < -0.39 is 0 Å². The summed E-state index contributed by atoms with van der Waals surface area (Å²) < 4.78 is 13.0. The van der Waals surface area contributed by atoms with Gasteiger partial charge in [-0.1, -0.05) is 35.2 Å². The zero-order chi connectivity index (χ0) is 19.7. The number of benzene rings is 1. The summed E-state index contributed by atoms with van der Waals surface area (Å²) in [4.78, 5) is 12.1. The van der Waals surface area contributed by atoms with Gasteiger partial charge >= 0.3 is 0 Å². The van der Waals surface area contributed by atoms with E-state index in [2.05, 4.69) is 25.7 Å². The van der Waals surface area contributed by atoms with Crippen molar-refractivity contribution in [3.8, 4) is 17.3 Å². The van der Waals surface area contributed by atoms with E-state index in [1.165, 1.54) is 23.1 Å². The summed E-state index contributed by atoms with van der Waals surface area (Å²) in [5.74, 6) is 1.80. The molecule has 11 heteroatoms. The van der Waals surface area contributed by atoms with Crippen LogP contribution in [-0.2, 0) is 11.8 Å². The number of hydrogen-bond donors (Lipinski definition) is 1. The van der Waals surface area contributed by atoms with E-state index in [0.29, 0.717) is 33.2 Å². The van der Waals surface area contributed by atoms with Crippen molar-refractivity contribution >= 4 is 45.1 Å². The lowest BCUT2D eigenvalue weighted by Crippen LogP contribution is -2.14. The summed E-state index contributed by atoms with van der Waals surface area (Å²) in [6.45, 7) is 1.83. The molecule has 0 radical (unpaired) electrons. The van der Waals surface area contributed by atoms with Crippen molar-refractivity contribution < 1.29 is 13.9 Å². The largest absolute Gasteiger partial charge is 0.493 e. The minimum atomic E-state index is -0.181. The van der Waals surface area contributed by atoms with Gasteiger partial charge in [0.05, 0.1) is 12.9 Å². The molecule has 1 aromatic carbocycles. The summed E-state index contributed by atoms with van der Waals surface area (Å²) >= 11 is 2.61. The molecule has 0 aliphatic heterocycles. The molecule has 0 spiro atoms. The van der Waals surface area contributed by atoms with E-state index in [1.54, 1.807) is 11.7 Å². The Kier molecular flexibility index (Phi) is 5.01. The monoisotopic (exact) mass is 416 g/mol. The van der Waals surface area contributed by atoms with E-state index in [1.807, 2.05) is 38.2 Å². The highest BCUT2D eigenvalue weighted by Gasteiger charge is 2.18. The van der Waals surface area contributed by atoms with Crippen LogP contribution >= 0.6 is 23.1 Å². The first kappa shape index (κ1) is 18.4. The number of carbonyl (C=O) groups is 1. The lowest BCUT2D eigenvalue weighted by molar-refractivity contribution is -0.113. The van der Waals surface area contributed by atoms with Crippen LogP contribution in [0.15, 0.2) is 33.8 Å². The van der Waals surface area contributed by atoms with Crippen LogP contribution in [0.2, 0.25) is 0 Å². The van der Waals surface area contributed by atoms with E-state index in [0.717, 1.165) is 10.4 Å². The molecule has 0 aliphatic rings. The van der Waals surface area contributed by atoms with E-state index in [9.17, 15) is 4.79 Å². The van der Waals surface area contributed by atoms with Gasteiger partial charge in [0, 0.05) is 12.4 Å². The third kappa shape index (κ3) is 3.58. The summed E-state index contributed by atoms with van der Waals surface area (Å²) in [5, 5.41) is 21.6. The Morgan fingerprint density at radius 2 is 2.18 bits per heavy atom. The van der Waals surface area contributed by atoms with Gasteiger partial charge in [-0.25, -0.2) is 0 Å². The number of nitrogens with zero attached hydrogens (tertiary/aromatic N) is 5. The first-order chi connectivity index (χ1) is 13.5. The van der Waals surface area contributed by atoms with Crippen molar-refractivity contribution in [1.82, 2.24) is 25.0 Å². The molecule has 144 valence electrons. The molecule has 4 aromatic rings. The summed E-state index contributed by atoms with van der Waals surface area (Å²) in [5.41, 5.74) is 0.656. The molecule has 3 heterocycles. The number of rotatable bonds is 6. The number of para-hydroxylation sites is 1. The molecule has 0 aliphatic carbocycles. The van der Waals surface area contributed by atoms with Crippen LogP contribution in [0, 0.1) is 6.92 Å². The number of aromatic nitrogens is 5. The molecule has 0 atom stereocenters. The third-order valence-electron chi connectivity index (χ3n) is 3.89. The number of hydrogen-bond acceptors (Lipinski definition) is 9. The maximum absolute atomic E-state index is 12.1. The number of nitrogens with one attached hydrogen (secondary N) is 1. The van der Waals surface area contributed by atoms with Crippen molar-refractivity contribution in [2.75, 3.05) is 18.2 Å². The molecule has 1 amide bonds. The molecular formula is C17H16N6O3S2. The summed E-state index contributed by atoms with van der Waals surface area (Å²) in [6.07, 6.45) is 0. The van der Waals surface area contributed by atoms with E-state index >= 15 is 0 Å². The Bertz CT molecular complexity index is 1150.